The molecule has 5 rings (SSSR count). The van der Waals surface area contributed by atoms with Crippen molar-refractivity contribution in [3.05, 3.63) is 0 Å². The van der Waals surface area contributed by atoms with Crippen LogP contribution in [0.15, 0.2) is 0 Å². The summed E-state index contributed by atoms with van der Waals surface area (Å²) in [7, 11) is 0. The van der Waals surface area contributed by atoms with Gasteiger partial charge in [-0.25, -0.2) is 0 Å². The van der Waals surface area contributed by atoms with Crippen molar-refractivity contribution in [2.24, 2.45) is 45.8 Å². The lowest BCUT2D eigenvalue weighted by Crippen LogP contribution is -2.51. The van der Waals surface area contributed by atoms with E-state index in [-0.39, 0.29) is 17.6 Å². The van der Waals surface area contributed by atoms with Gasteiger partial charge in [0.15, 0.2) is 0 Å². The van der Waals surface area contributed by atoms with Crippen molar-refractivity contribution >= 4 is 11.8 Å². The molecular weight excluding hydrogens is 320 g/mol. The zero-order chi connectivity index (χ0) is 17.9. The molecule has 138 valence electrons. The van der Waals surface area contributed by atoms with Gasteiger partial charge in [-0.1, -0.05) is 6.92 Å². The van der Waals surface area contributed by atoms with Gasteiger partial charge in [-0.15, -0.1) is 0 Å². The molecule has 2 unspecified atom stereocenters. The van der Waals surface area contributed by atoms with Gasteiger partial charge < -0.3 is 15.3 Å². The van der Waals surface area contributed by atoms with Crippen molar-refractivity contribution in [1.29, 1.82) is 0 Å². The van der Waals surface area contributed by atoms with Crippen LogP contribution in [0.3, 0.4) is 0 Å². The van der Waals surface area contributed by atoms with Gasteiger partial charge in [0.05, 0.1) is 23.5 Å². The fourth-order valence-electron chi connectivity index (χ4n) is 8.91. The van der Waals surface area contributed by atoms with Crippen molar-refractivity contribution < 1.29 is 24.9 Å². The lowest BCUT2D eigenvalue weighted by atomic mass is 9.56. The van der Waals surface area contributed by atoms with E-state index in [0.717, 1.165) is 19.3 Å². The Morgan fingerprint density at radius 1 is 1.16 bits per heavy atom. The van der Waals surface area contributed by atoms with Gasteiger partial charge in [0, 0.05) is 6.42 Å². The van der Waals surface area contributed by atoms with Crippen LogP contribution in [0.2, 0.25) is 0 Å². The lowest BCUT2D eigenvalue weighted by molar-refractivity contribution is -0.156. The third-order valence-electron chi connectivity index (χ3n) is 9.47. The van der Waals surface area contributed by atoms with Crippen LogP contribution in [-0.4, -0.2) is 39.3 Å². The maximum atomic E-state index is 13.0. The first kappa shape index (κ1) is 16.2. The van der Waals surface area contributed by atoms with Crippen LogP contribution in [0.1, 0.15) is 52.4 Å². The number of carbonyl (C=O) groups excluding carboxylic acids is 1. The highest BCUT2D eigenvalue weighted by Crippen LogP contribution is 2.81. The Bertz CT molecular complexity index is 671. The summed E-state index contributed by atoms with van der Waals surface area (Å²) in [6.07, 6.45) is 2.74. The highest BCUT2D eigenvalue weighted by atomic mass is 16.4. The van der Waals surface area contributed by atoms with Crippen molar-refractivity contribution in [3.63, 3.8) is 0 Å². The average Bonchev–Trinajstić information content (AvgIpc) is 2.99. The highest BCUT2D eigenvalue weighted by molar-refractivity contribution is 5.91. The first-order valence-corrected chi connectivity index (χ1v) is 9.81. The minimum Gasteiger partial charge on any atom is -0.481 e. The molecule has 0 amide bonds. The topological polar surface area (TPSA) is 94.8 Å². The second kappa shape index (κ2) is 4.48. The summed E-state index contributed by atoms with van der Waals surface area (Å²) < 4.78 is 0. The SMILES string of the molecule is CC1C[C@]23C[C@H]1C[C@H](O)C2[C@]12CC[C@H](O)[C@](C)(C(=O)C1)[C@H]2[C@@H]3C(=O)O. The first-order valence-electron chi connectivity index (χ1n) is 9.81. The molecule has 25 heavy (non-hydrogen) atoms. The molecule has 0 saturated heterocycles. The van der Waals surface area contributed by atoms with E-state index in [2.05, 4.69) is 6.92 Å². The molecule has 0 aliphatic heterocycles. The van der Waals surface area contributed by atoms with Gasteiger partial charge in [-0.05, 0) is 73.5 Å². The molecule has 0 aromatic carbocycles. The number of fused-ring (bicyclic) bond motifs is 1. The van der Waals surface area contributed by atoms with Gasteiger partial charge in [-0.3, -0.25) is 9.59 Å². The van der Waals surface area contributed by atoms with Crippen molar-refractivity contribution in [2.75, 3.05) is 0 Å². The van der Waals surface area contributed by atoms with Crippen LogP contribution >= 0.6 is 0 Å². The minimum absolute atomic E-state index is 0.0176. The summed E-state index contributed by atoms with van der Waals surface area (Å²) in [5.41, 5.74) is -1.79. The van der Waals surface area contributed by atoms with Gasteiger partial charge in [0.2, 0.25) is 0 Å². The smallest absolute Gasteiger partial charge is 0.307 e. The maximum Gasteiger partial charge on any atom is 0.307 e. The number of hydrogen-bond acceptors (Lipinski definition) is 4. The zero-order valence-corrected chi connectivity index (χ0v) is 14.9. The number of ketones is 1. The average molecular weight is 348 g/mol. The molecule has 0 heterocycles. The molecule has 5 aliphatic rings. The van der Waals surface area contributed by atoms with E-state index >= 15 is 0 Å². The van der Waals surface area contributed by atoms with Crippen LogP contribution in [0.4, 0.5) is 0 Å². The van der Waals surface area contributed by atoms with Gasteiger partial charge >= 0.3 is 5.97 Å². The number of aliphatic hydroxyl groups is 2. The van der Waals surface area contributed by atoms with Gasteiger partial charge in [0.1, 0.15) is 5.78 Å². The van der Waals surface area contributed by atoms with Crippen LogP contribution in [0.5, 0.6) is 0 Å². The Morgan fingerprint density at radius 3 is 2.56 bits per heavy atom. The number of rotatable bonds is 1. The van der Waals surface area contributed by atoms with Crippen LogP contribution in [-0.2, 0) is 9.59 Å². The van der Waals surface area contributed by atoms with E-state index in [1.807, 2.05) is 0 Å². The maximum absolute atomic E-state index is 13.0. The summed E-state index contributed by atoms with van der Waals surface area (Å²) in [6, 6.07) is 0. The largest absolute Gasteiger partial charge is 0.481 e. The summed E-state index contributed by atoms with van der Waals surface area (Å²) in [5, 5.41) is 32.1. The fraction of sp³-hybridized carbons (Fsp3) is 0.900. The Hall–Kier alpha value is -0.940. The van der Waals surface area contributed by atoms with Crippen LogP contribution in [0, 0.1) is 45.8 Å². The molecule has 0 aromatic rings. The molecule has 5 aliphatic carbocycles. The third kappa shape index (κ3) is 1.52. The molecule has 4 bridgehead atoms. The number of aliphatic hydroxyl groups excluding tert-OH is 2. The molecule has 10 atom stereocenters. The summed E-state index contributed by atoms with van der Waals surface area (Å²) >= 11 is 0. The van der Waals surface area contributed by atoms with Gasteiger partial charge in [-0.2, -0.15) is 0 Å². The van der Waals surface area contributed by atoms with E-state index in [9.17, 15) is 24.9 Å². The van der Waals surface area contributed by atoms with Crippen LogP contribution < -0.4 is 0 Å². The predicted molar refractivity (Wildman–Crippen MR) is 88.5 cm³/mol. The van der Waals surface area contributed by atoms with Crippen molar-refractivity contribution in [2.45, 2.75) is 64.6 Å². The zero-order valence-electron chi connectivity index (χ0n) is 14.9. The quantitative estimate of drug-likeness (QED) is 0.672. The minimum atomic E-state index is -0.964. The van der Waals surface area contributed by atoms with E-state index in [4.69, 9.17) is 0 Å². The standard InChI is InChI=1S/C20H28O5/c1-9-6-20-7-10(9)5-11(21)15(20)19-4-3-12(22)18(2,13(23)8-19)16(19)14(20)17(24)25/h9-12,14-16,21-22H,3-8H2,1-2H3,(H,24,25)/t9?,10-,11+,12+,14-,15?,16-,18-,19+,20-/m1/s1. The van der Waals surface area contributed by atoms with E-state index < -0.39 is 40.3 Å². The Morgan fingerprint density at radius 2 is 1.88 bits per heavy atom. The lowest BCUT2D eigenvalue weighted by Gasteiger charge is -2.49. The van der Waals surface area contributed by atoms with Crippen molar-refractivity contribution in [3.8, 4) is 0 Å². The Labute approximate surface area is 147 Å². The number of hydrogen-bond donors (Lipinski definition) is 3. The monoisotopic (exact) mass is 348 g/mol. The number of Topliss-reactive ketones (excluding diaryl/α,β-unsaturated/α-hetero) is 1. The molecule has 0 aromatic heterocycles. The summed E-state index contributed by atoms with van der Waals surface area (Å²) in [4.78, 5) is 25.5. The second-order valence-electron chi connectivity index (χ2n) is 10.1. The number of carbonyl (C=O) groups is 2. The number of carboxylic acids is 1. The van der Waals surface area contributed by atoms with E-state index in [0.29, 0.717) is 31.1 Å². The molecule has 5 heteroatoms. The Kier molecular flexibility index (Phi) is 2.91. The first-order chi connectivity index (χ1) is 11.7. The summed E-state index contributed by atoms with van der Waals surface area (Å²) in [6.45, 7) is 3.99. The molecular formula is C20H28O5. The van der Waals surface area contributed by atoms with E-state index in [1.165, 1.54) is 0 Å². The Balaban J connectivity index is 1.77. The number of aliphatic carboxylic acids is 1. The number of carboxylic acid groups (broad SMARTS) is 1. The van der Waals surface area contributed by atoms with Gasteiger partial charge in [0.25, 0.3) is 0 Å². The third-order valence-corrected chi connectivity index (χ3v) is 9.47. The molecule has 3 N–H and O–H groups in total. The molecule has 1 spiro atoms. The van der Waals surface area contributed by atoms with E-state index in [1.54, 1.807) is 6.92 Å². The fourth-order valence-corrected chi connectivity index (χ4v) is 8.91. The predicted octanol–water partition coefficient (Wildman–Crippen LogP) is 1.85. The van der Waals surface area contributed by atoms with Crippen LogP contribution in [0.25, 0.3) is 0 Å². The highest BCUT2D eigenvalue weighted by Gasteiger charge is 2.82. The molecule has 5 fully saturated rings. The molecule has 0 radical (unpaired) electrons. The second-order valence-corrected chi connectivity index (χ2v) is 10.1. The van der Waals surface area contributed by atoms with Crippen molar-refractivity contribution in [1.82, 2.24) is 0 Å². The summed E-state index contributed by atoms with van der Waals surface area (Å²) in [5.74, 6) is -1.06. The molecule has 5 saturated carbocycles. The normalized spacial score (nSPS) is 61.9. The molecule has 5 nitrogen and oxygen atoms in total.